The molecule has 0 amide bonds. The molecule has 1 saturated carbocycles. The van der Waals surface area contributed by atoms with Crippen molar-refractivity contribution in [3.63, 3.8) is 0 Å². The number of rotatable bonds is 6. The van der Waals surface area contributed by atoms with E-state index >= 15 is 0 Å². The highest BCUT2D eigenvalue weighted by Crippen LogP contribution is 2.26. The van der Waals surface area contributed by atoms with Crippen molar-refractivity contribution in [3.05, 3.63) is 29.3 Å². The Morgan fingerprint density at radius 1 is 1.37 bits per heavy atom. The minimum absolute atomic E-state index is 0.437. The zero-order valence-electron chi connectivity index (χ0n) is 12.3. The van der Waals surface area contributed by atoms with Crippen LogP contribution in [-0.2, 0) is 6.54 Å². The Bertz CT molecular complexity index is 411. The lowest BCUT2D eigenvalue weighted by Gasteiger charge is -2.32. The molecule has 0 spiro atoms. The fraction of sp³-hybridized carbons (Fsp3) is 0.625. The van der Waals surface area contributed by atoms with Gasteiger partial charge in [-0.25, -0.2) is 0 Å². The Hall–Kier alpha value is -1.06. The van der Waals surface area contributed by atoms with Crippen LogP contribution in [0.5, 0.6) is 5.75 Å². The molecule has 1 aromatic rings. The summed E-state index contributed by atoms with van der Waals surface area (Å²) < 4.78 is 5.49. The van der Waals surface area contributed by atoms with Crippen molar-refractivity contribution in [1.82, 2.24) is 5.32 Å². The Kier molecular flexibility index (Phi) is 4.83. The van der Waals surface area contributed by atoms with Crippen LogP contribution in [0.15, 0.2) is 18.2 Å². The zero-order chi connectivity index (χ0) is 13.8. The average Bonchev–Trinajstić information content (AvgIpc) is 2.36. The summed E-state index contributed by atoms with van der Waals surface area (Å²) in [6, 6.07) is 6.96. The van der Waals surface area contributed by atoms with E-state index in [9.17, 15) is 0 Å². The van der Waals surface area contributed by atoms with Gasteiger partial charge >= 0.3 is 0 Å². The van der Waals surface area contributed by atoms with E-state index in [2.05, 4.69) is 37.4 Å². The second-order valence-corrected chi connectivity index (χ2v) is 5.95. The molecule has 3 heteroatoms. The number of benzene rings is 1. The molecule has 1 aliphatic rings. The Labute approximate surface area is 116 Å². The molecule has 1 fully saturated rings. The smallest absolute Gasteiger partial charge is 0.123 e. The van der Waals surface area contributed by atoms with Crippen LogP contribution in [0.4, 0.5) is 0 Å². The van der Waals surface area contributed by atoms with Gasteiger partial charge < -0.3 is 15.8 Å². The Morgan fingerprint density at radius 2 is 2.11 bits per heavy atom. The fourth-order valence-electron chi connectivity index (χ4n) is 2.63. The van der Waals surface area contributed by atoms with Crippen LogP contribution in [0.25, 0.3) is 0 Å². The van der Waals surface area contributed by atoms with Crippen LogP contribution in [0.2, 0.25) is 0 Å². The summed E-state index contributed by atoms with van der Waals surface area (Å²) in [4.78, 5) is 0. The Morgan fingerprint density at radius 3 is 2.68 bits per heavy atom. The van der Waals surface area contributed by atoms with Gasteiger partial charge in [0.25, 0.3) is 0 Å². The first-order valence-corrected chi connectivity index (χ1v) is 7.23. The van der Waals surface area contributed by atoms with E-state index < -0.39 is 0 Å². The molecule has 1 aliphatic carbocycles. The van der Waals surface area contributed by atoms with Gasteiger partial charge in [0, 0.05) is 18.2 Å². The number of nitrogens with one attached hydrogen (secondary N) is 1. The highest BCUT2D eigenvalue weighted by molar-refractivity contribution is 5.38. The van der Waals surface area contributed by atoms with Gasteiger partial charge in [0.2, 0.25) is 0 Å². The monoisotopic (exact) mass is 262 g/mol. The maximum Gasteiger partial charge on any atom is 0.123 e. The molecule has 1 aromatic carbocycles. The van der Waals surface area contributed by atoms with Crippen molar-refractivity contribution in [2.75, 3.05) is 13.7 Å². The van der Waals surface area contributed by atoms with Gasteiger partial charge in [-0.15, -0.1) is 0 Å². The average molecular weight is 262 g/mol. The van der Waals surface area contributed by atoms with Crippen LogP contribution in [0.3, 0.4) is 0 Å². The number of hydrogen-bond acceptors (Lipinski definition) is 3. The quantitative estimate of drug-likeness (QED) is 0.828. The van der Waals surface area contributed by atoms with Gasteiger partial charge in [-0.1, -0.05) is 26.0 Å². The van der Waals surface area contributed by atoms with Crippen LogP contribution in [-0.4, -0.2) is 19.7 Å². The summed E-state index contributed by atoms with van der Waals surface area (Å²) in [6.45, 7) is 6.33. The van der Waals surface area contributed by atoms with E-state index in [1.54, 1.807) is 7.11 Å². The van der Waals surface area contributed by atoms with Gasteiger partial charge in [-0.3, -0.25) is 0 Å². The van der Waals surface area contributed by atoms with E-state index in [4.69, 9.17) is 10.5 Å². The molecule has 19 heavy (non-hydrogen) atoms. The van der Waals surface area contributed by atoms with Crippen LogP contribution >= 0.6 is 0 Å². The van der Waals surface area contributed by atoms with Crippen LogP contribution in [0.1, 0.15) is 43.7 Å². The fourth-order valence-corrected chi connectivity index (χ4v) is 2.63. The second kappa shape index (κ2) is 6.40. The summed E-state index contributed by atoms with van der Waals surface area (Å²) in [5.41, 5.74) is 8.35. The predicted octanol–water partition coefficient (Wildman–Crippen LogP) is 2.65. The molecule has 0 saturated heterocycles. The SMILES string of the molecule is COc1cc(C(C)C)ccc1CNCC1CC(N)C1. The summed E-state index contributed by atoms with van der Waals surface area (Å²) >= 11 is 0. The molecule has 0 unspecified atom stereocenters. The van der Waals surface area contributed by atoms with Gasteiger partial charge in [0.15, 0.2) is 0 Å². The summed E-state index contributed by atoms with van der Waals surface area (Å²) in [7, 11) is 1.74. The third kappa shape index (κ3) is 3.71. The lowest BCUT2D eigenvalue weighted by molar-refractivity contribution is 0.255. The van der Waals surface area contributed by atoms with E-state index in [1.165, 1.54) is 11.1 Å². The number of ether oxygens (including phenoxy) is 1. The molecule has 106 valence electrons. The van der Waals surface area contributed by atoms with Crippen LogP contribution < -0.4 is 15.8 Å². The van der Waals surface area contributed by atoms with Crippen molar-refractivity contribution in [3.8, 4) is 5.75 Å². The van der Waals surface area contributed by atoms with Crippen molar-refractivity contribution in [2.24, 2.45) is 11.7 Å². The lowest BCUT2D eigenvalue weighted by Crippen LogP contribution is -2.41. The van der Waals surface area contributed by atoms with Crippen molar-refractivity contribution < 1.29 is 4.74 Å². The van der Waals surface area contributed by atoms with Gasteiger partial charge in [-0.05, 0) is 42.9 Å². The van der Waals surface area contributed by atoms with E-state index in [1.807, 2.05) is 0 Å². The predicted molar refractivity (Wildman–Crippen MR) is 79.5 cm³/mol. The minimum atomic E-state index is 0.437. The largest absolute Gasteiger partial charge is 0.496 e. The molecule has 0 aliphatic heterocycles. The summed E-state index contributed by atoms with van der Waals surface area (Å²) in [5, 5.41) is 3.51. The highest BCUT2D eigenvalue weighted by atomic mass is 16.5. The number of nitrogens with two attached hydrogens (primary N) is 1. The molecule has 0 atom stereocenters. The molecule has 3 N–H and O–H groups in total. The maximum atomic E-state index is 5.79. The zero-order valence-corrected chi connectivity index (χ0v) is 12.3. The number of methoxy groups -OCH3 is 1. The third-order valence-corrected chi connectivity index (χ3v) is 4.00. The number of hydrogen-bond donors (Lipinski definition) is 2. The molecule has 0 radical (unpaired) electrons. The first-order chi connectivity index (χ1) is 9.10. The summed E-state index contributed by atoms with van der Waals surface area (Å²) in [6.07, 6.45) is 2.33. The van der Waals surface area contributed by atoms with Crippen LogP contribution in [0, 0.1) is 5.92 Å². The summed E-state index contributed by atoms with van der Waals surface area (Å²) in [5.74, 6) is 2.28. The molecule has 0 bridgehead atoms. The van der Waals surface area contributed by atoms with Gasteiger partial charge in [-0.2, -0.15) is 0 Å². The topological polar surface area (TPSA) is 47.3 Å². The minimum Gasteiger partial charge on any atom is -0.496 e. The second-order valence-electron chi connectivity index (χ2n) is 5.95. The normalized spacial score (nSPS) is 22.4. The van der Waals surface area contributed by atoms with Crippen molar-refractivity contribution in [1.29, 1.82) is 0 Å². The van der Waals surface area contributed by atoms with Crippen molar-refractivity contribution >= 4 is 0 Å². The maximum absolute atomic E-state index is 5.79. The molecule has 2 rings (SSSR count). The van der Waals surface area contributed by atoms with E-state index in [0.29, 0.717) is 12.0 Å². The standard InChI is InChI=1S/C16H26N2O/c1-11(2)13-4-5-14(16(8-13)19-3)10-18-9-12-6-15(17)7-12/h4-5,8,11-12,15,18H,6-7,9-10,17H2,1-3H3. The first-order valence-electron chi connectivity index (χ1n) is 7.23. The molecule has 0 heterocycles. The molecule has 3 nitrogen and oxygen atoms in total. The lowest BCUT2D eigenvalue weighted by atomic mass is 9.81. The molecule has 0 aromatic heterocycles. The van der Waals surface area contributed by atoms with Crippen molar-refractivity contribution in [2.45, 2.75) is 45.2 Å². The molecular weight excluding hydrogens is 236 g/mol. The highest BCUT2D eigenvalue weighted by Gasteiger charge is 2.25. The van der Waals surface area contributed by atoms with E-state index in [0.717, 1.165) is 37.6 Å². The first kappa shape index (κ1) is 14.4. The van der Waals surface area contributed by atoms with Gasteiger partial charge in [0.1, 0.15) is 5.75 Å². The Balaban J connectivity index is 1.88. The molecular formula is C16H26N2O. The third-order valence-electron chi connectivity index (χ3n) is 4.00. The van der Waals surface area contributed by atoms with E-state index in [-0.39, 0.29) is 0 Å². The van der Waals surface area contributed by atoms with Gasteiger partial charge in [0.05, 0.1) is 7.11 Å².